The first-order chi connectivity index (χ1) is 9.42. The number of aliphatic hydroxyl groups excluding tert-OH is 1. The van der Waals surface area contributed by atoms with Gasteiger partial charge in [0.25, 0.3) is 0 Å². The fourth-order valence-corrected chi connectivity index (χ4v) is 1.96. The highest BCUT2D eigenvalue weighted by Crippen LogP contribution is 2.29. The van der Waals surface area contributed by atoms with Gasteiger partial charge in [0.05, 0.1) is 19.3 Å². The molecule has 1 atom stereocenters. The fraction of sp³-hybridized carbons (Fsp3) is 0.625. The molecular formula is C16H27NO3. The van der Waals surface area contributed by atoms with E-state index >= 15 is 0 Å². The number of aliphatic hydroxyl groups is 1. The molecule has 114 valence electrons. The van der Waals surface area contributed by atoms with Crippen LogP contribution in [0, 0.1) is 0 Å². The standard InChI is InChI=1S/C16H27NO3/c1-12(2)20-15-7-6-14(10-16(15)19-5)11-17(4)9-8-13(3)18/h6-7,10,12-13,18H,8-9,11H2,1-5H3. The van der Waals surface area contributed by atoms with Gasteiger partial charge in [0.1, 0.15) is 0 Å². The molecule has 0 saturated carbocycles. The van der Waals surface area contributed by atoms with E-state index in [4.69, 9.17) is 9.47 Å². The average molecular weight is 281 g/mol. The first kappa shape index (κ1) is 16.8. The summed E-state index contributed by atoms with van der Waals surface area (Å²) in [6.07, 6.45) is 0.652. The monoisotopic (exact) mass is 281 g/mol. The number of ether oxygens (including phenoxy) is 2. The number of nitrogens with zero attached hydrogens (tertiary/aromatic N) is 1. The van der Waals surface area contributed by atoms with Crippen LogP contribution in [0.1, 0.15) is 32.8 Å². The van der Waals surface area contributed by atoms with Gasteiger partial charge in [0, 0.05) is 13.1 Å². The zero-order chi connectivity index (χ0) is 15.1. The van der Waals surface area contributed by atoms with Gasteiger partial charge in [-0.3, -0.25) is 0 Å². The van der Waals surface area contributed by atoms with Crippen molar-refractivity contribution in [2.75, 3.05) is 20.7 Å². The lowest BCUT2D eigenvalue weighted by atomic mass is 10.1. The highest BCUT2D eigenvalue weighted by Gasteiger charge is 2.09. The summed E-state index contributed by atoms with van der Waals surface area (Å²) in [6.45, 7) is 7.50. The van der Waals surface area contributed by atoms with Crippen molar-refractivity contribution >= 4 is 0 Å². The van der Waals surface area contributed by atoms with Gasteiger partial charge in [-0.2, -0.15) is 0 Å². The summed E-state index contributed by atoms with van der Waals surface area (Å²) in [6, 6.07) is 6.02. The Labute approximate surface area is 122 Å². The van der Waals surface area contributed by atoms with E-state index in [1.54, 1.807) is 7.11 Å². The van der Waals surface area contributed by atoms with Gasteiger partial charge >= 0.3 is 0 Å². The summed E-state index contributed by atoms with van der Waals surface area (Å²) in [5, 5.41) is 9.31. The maximum absolute atomic E-state index is 9.31. The second-order valence-electron chi connectivity index (χ2n) is 5.53. The molecule has 4 heteroatoms. The molecule has 1 aromatic carbocycles. The first-order valence-electron chi connectivity index (χ1n) is 7.12. The Morgan fingerprint density at radius 3 is 2.45 bits per heavy atom. The summed E-state index contributed by atoms with van der Waals surface area (Å²) in [7, 11) is 3.71. The second-order valence-corrected chi connectivity index (χ2v) is 5.53. The second kappa shape index (κ2) is 8.12. The zero-order valence-corrected chi connectivity index (χ0v) is 13.2. The smallest absolute Gasteiger partial charge is 0.161 e. The van der Waals surface area contributed by atoms with Gasteiger partial charge in [0.15, 0.2) is 11.5 Å². The number of hydrogen-bond donors (Lipinski definition) is 1. The Bertz CT molecular complexity index is 405. The Balaban J connectivity index is 2.67. The molecule has 1 rings (SSSR count). The van der Waals surface area contributed by atoms with Gasteiger partial charge in [-0.25, -0.2) is 0 Å². The van der Waals surface area contributed by atoms with Crippen molar-refractivity contribution in [3.8, 4) is 11.5 Å². The molecule has 0 aliphatic rings. The highest BCUT2D eigenvalue weighted by atomic mass is 16.5. The summed E-state index contributed by atoms with van der Waals surface area (Å²) in [5.74, 6) is 1.54. The minimum atomic E-state index is -0.256. The maximum Gasteiger partial charge on any atom is 0.161 e. The molecule has 0 radical (unpaired) electrons. The normalized spacial score (nSPS) is 12.8. The molecule has 1 aromatic rings. The molecule has 0 amide bonds. The molecule has 0 bridgehead atoms. The van der Waals surface area contributed by atoms with E-state index in [0.29, 0.717) is 0 Å². The Hall–Kier alpha value is -1.26. The third-order valence-corrected chi connectivity index (χ3v) is 2.97. The van der Waals surface area contributed by atoms with Crippen LogP contribution in [0.25, 0.3) is 0 Å². The topological polar surface area (TPSA) is 41.9 Å². The minimum Gasteiger partial charge on any atom is -0.493 e. The fourth-order valence-electron chi connectivity index (χ4n) is 1.96. The van der Waals surface area contributed by atoms with E-state index < -0.39 is 0 Å². The molecule has 0 heterocycles. The van der Waals surface area contributed by atoms with Crippen molar-refractivity contribution in [2.24, 2.45) is 0 Å². The zero-order valence-electron chi connectivity index (χ0n) is 13.2. The Morgan fingerprint density at radius 1 is 1.20 bits per heavy atom. The maximum atomic E-state index is 9.31. The van der Waals surface area contributed by atoms with E-state index in [1.807, 2.05) is 40.0 Å². The molecular weight excluding hydrogens is 254 g/mol. The third kappa shape index (κ3) is 5.80. The summed E-state index contributed by atoms with van der Waals surface area (Å²) >= 11 is 0. The van der Waals surface area contributed by atoms with Gasteiger partial charge in [-0.15, -0.1) is 0 Å². The molecule has 0 saturated heterocycles. The quantitative estimate of drug-likeness (QED) is 0.795. The largest absolute Gasteiger partial charge is 0.493 e. The van der Waals surface area contributed by atoms with E-state index in [9.17, 15) is 5.11 Å². The van der Waals surface area contributed by atoms with E-state index in [1.165, 1.54) is 5.56 Å². The average Bonchev–Trinajstić information content (AvgIpc) is 2.37. The number of methoxy groups -OCH3 is 1. The van der Waals surface area contributed by atoms with Crippen LogP contribution in [0.3, 0.4) is 0 Å². The van der Waals surface area contributed by atoms with Gasteiger partial charge in [-0.1, -0.05) is 6.07 Å². The van der Waals surface area contributed by atoms with E-state index in [2.05, 4.69) is 11.0 Å². The lowest BCUT2D eigenvalue weighted by Gasteiger charge is -2.19. The van der Waals surface area contributed by atoms with Crippen LogP contribution in [-0.4, -0.2) is 42.9 Å². The van der Waals surface area contributed by atoms with Crippen LogP contribution in [0.2, 0.25) is 0 Å². The van der Waals surface area contributed by atoms with Crippen LogP contribution < -0.4 is 9.47 Å². The van der Waals surface area contributed by atoms with E-state index in [0.717, 1.165) is 31.0 Å². The van der Waals surface area contributed by atoms with Gasteiger partial charge in [0.2, 0.25) is 0 Å². The van der Waals surface area contributed by atoms with Crippen molar-refractivity contribution in [1.29, 1.82) is 0 Å². The lowest BCUT2D eigenvalue weighted by Crippen LogP contribution is -2.22. The first-order valence-corrected chi connectivity index (χ1v) is 7.12. The van der Waals surface area contributed by atoms with E-state index in [-0.39, 0.29) is 12.2 Å². The van der Waals surface area contributed by atoms with Crippen molar-refractivity contribution in [1.82, 2.24) is 4.90 Å². The molecule has 20 heavy (non-hydrogen) atoms. The molecule has 1 unspecified atom stereocenters. The van der Waals surface area contributed by atoms with Crippen molar-refractivity contribution in [3.63, 3.8) is 0 Å². The number of rotatable bonds is 8. The van der Waals surface area contributed by atoms with Crippen LogP contribution >= 0.6 is 0 Å². The van der Waals surface area contributed by atoms with Crippen molar-refractivity contribution in [2.45, 2.75) is 45.9 Å². The molecule has 0 spiro atoms. The van der Waals surface area contributed by atoms with Gasteiger partial charge < -0.3 is 19.5 Å². The molecule has 0 aliphatic heterocycles. The van der Waals surface area contributed by atoms with Gasteiger partial charge in [-0.05, 0) is 51.9 Å². The summed E-state index contributed by atoms with van der Waals surface area (Å²) in [4.78, 5) is 2.18. The summed E-state index contributed by atoms with van der Waals surface area (Å²) < 4.78 is 11.1. The number of benzene rings is 1. The van der Waals surface area contributed by atoms with Crippen LogP contribution in [-0.2, 0) is 6.54 Å². The number of hydrogen-bond acceptors (Lipinski definition) is 4. The lowest BCUT2D eigenvalue weighted by molar-refractivity contribution is 0.163. The van der Waals surface area contributed by atoms with Crippen molar-refractivity contribution < 1.29 is 14.6 Å². The van der Waals surface area contributed by atoms with Crippen LogP contribution in [0.4, 0.5) is 0 Å². The SMILES string of the molecule is COc1cc(CN(C)CCC(C)O)ccc1OC(C)C. The predicted octanol–water partition coefficient (Wildman–Crippen LogP) is 2.69. The van der Waals surface area contributed by atoms with Crippen molar-refractivity contribution in [3.05, 3.63) is 23.8 Å². The molecule has 0 aromatic heterocycles. The highest BCUT2D eigenvalue weighted by molar-refractivity contribution is 5.43. The Kier molecular flexibility index (Phi) is 6.82. The minimum absolute atomic E-state index is 0.128. The van der Waals surface area contributed by atoms with Crippen LogP contribution in [0.5, 0.6) is 11.5 Å². The summed E-state index contributed by atoms with van der Waals surface area (Å²) in [5.41, 5.74) is 1.17. The molecule has 1 N–H and O–H groups in total. The van der Waals surface area contributed by atoms with Crippen LogP contribution in [0.15, 0.2) is 18.2 Å². The predicted molar refractivity (Wildman–Crippen MR) is 81.4 cm³/mol. The molecule has 0 fully saturated rings. The molecule has 0 aliphatic carbocycles. The Morgan fingerprint density at radius 2 is 1.90 bits per heavy atom. The third-order valence-electron chi connectivity index (χ3n) is 2.97. The molecule has 4 nitrogen and oxygen atoms in total.